The zero-order valence-corrected chi connectivity index (χ0v) is 11.1. The normalized spacial score (nSPS) is 18.7. The molecule has 0 unspecified atom stereocenters. The highest BCUT2D eigenvalue weighted by atomic mass is 16.2. The topological polar surface area (TPSA) is 45.2 Å². The molecule has 0 bridgehead atoms. The van der Waals surface area contributed by atoms with Gasteiger partial charge in [-0.05, 0) is 38.4 Å². The van der Waals surface area contributed by atoms with E-state index in [1.54, 1.807) is 12.4 Å². The first kappa shape index (κ1) is 13.0. The van der Waals surface area contributed by atoms with Crippen LogP contribution in [0.5, 0.6) is 0 Å². The van der Waals surface area contributed by atoms with Gasteiger partial charge in [0.2, 0.25) is 5.91 Å². The lowest BCUT2D eigenvalue weighted by Crippen LogP contribution is -2.51. The van der Waals surface area contributed by atoms with Crippen LogP contribution in [0.1, 0.15) is 25.3 Å². The van der Waals surface area contributed by atoms with E-state index in [1.807, 2.05) is 24.1 Å². The number of hydrogen-bond acceptors (Lipinski definition) is 3. The highest BCUT2D eigenvalue weighted by Crippen LogP contribution is 2.21. The third-order valence-electron chi connectivity index (χ3n) is 3.90. The molecule has 2 heterocycles. The van der Waals surface area contributed by atoms with Crippen molar-refractivity contribution in [2.24, 2.45) is 0 Å². The number of pyridine rings is 1. The summed E-state index contributed by atoms with van der Waals surface area (Å²) < 4.78 is 0. The maximum absolute atomic E-state index is 12.1. The summed E-state index contributed by atoms with van der Waals surface area (Å²) in [5.74, 6) is 0.209. The standard InChI is InChI=1S/C14H21N3O/c1-14(15-2)5-8-17(9-6-14)13(18)10-12-4-3-7-16-11-12/h3-4,7,11,15H,5-6,8-10H2,1-2H3. The number of piperidine rings is 1. The average molecular weight is 247 g/mol. The van der Waals surface area contributed by atoms with Crippen LogP contribution in [0.2, 0.25) is 0 Å². The number of nitrogens with one attached hydrogen (secondary N) is 1. The van der Waals surface area contributed by atoms with E-state index in [2.05, 4.69) is 17.2 Å². The number of amides is 1. The summed E-state index contributed by atoms with van der Waals surface area (Å²) in [5, 5.41) is 3.34. The summed E-state index contributed by atoms with van der Waals surface area (Å²) in [6.07, 6.45) is 5.99. The van der Waals surface area contributed by atoms with Crippen molar-refractivity contribution in [1.82, 2.24) is 15.2 Å². The maximum Gasteiger partial charge on any atom is 0.227 e. The molecule has 0 saturated carbocycles. The highest BCUT2D eigenvalue weighted by molar-refractivity contribution is 5.78. The van der Waals surface area contributed by atoms with Crippen molar-refractivity contribution in [2.75, 3.05) is 20.1 Å². The van der Waals surface area contributed by atoms with Crippen LogP contribution in [0, 0.1) is 0 Å². The Bertz CT molecular complexity index is 397. The second-order valence-corrected chi connectivity index (χ2v) is 5.23. The van der Waals surface area contributed by atoms with Crippen molar-refractivity contribution >= 4 is 5.91 Å². The largest absolute Gasteiger partial charge is 0.342 e. The van der Waals surface area contributed by atoms with Crippen LogP contribution in [0.15, 0.2) is 24.5 Å². The summed E-state index contributed by atoms with van der Waals surface area (Å²) in [4.78, 5) is 18.1. The Labute approximate surface area is 108 Å². The van der Waals surface area contributed by atoms with Crippen molar-refractivity contribution in [3.8, 4) is 0 Å². The van der Waals surface area contributed by atoms with Gasteiger partial charge in [0.1, 0.15) is 0 Å². The summed E-state index contributed by atoms with van der Waals surface area (Å²) in [7, 11) is 1.99. The second-order valence-electron chi connectivity index (χ2n) is 5.23. The third-order valence-corrected chi connectivity index (χ3v) is 3.90. The van der Waals surface area contributed by atoms with Gasteiger partial charge in [-0.1, -0.05) is 6.07 Å². The van der Waals surface area contributed by atoms with E-state index >= 15 is 0 Å². The zero-order valence-electron chi connectivity index (χ0n) is 11.1. The fraction of sp³-hybridized carbons (Fsp3) is 0.571. The molecule has 1 aromatic rings. The number of carbonyl (C=O) groups is 1. The minimum Gasteiger partial charge on any atom is -0.342 e. The van der Waals surface area contributed by atoms with Crippen LogP contribution in [-0.4, -0.2) is 41.5 Å². The van der Waals surface area contributed by atoms with Gasteiger partial charge in [0, 0.05) is 31.0 Å². The molecule has 4 heteroatoms. The molecule has 1 fully saturated rings. The number of hydrogen-bond donors (Lipinski definition) is 1. The van der Waals surface area contributed by atoms with E-state index in [-0.39, 0.29) is 11.4 Å². The lowest BCUT2D eigenvalue weighted by atomic mass is 9.90. The predicted molar refractivity (Wildman–Crippen MR) is 71.2 cm³/mol. The van der Waals surface area contributed by atoms with Crippen LogP contribution in [-0.2, 0) is 11.2 Å². The number of rotatable bonds is 3. The van der Waals surface area contributed by atoms with Crippen LogP contribution >= 0.6 is 0 Å². The minimum atomic E-state index is 0.186. The second kappa shape index (κ2) is 5.48. The molecule has 1 N–H and O–H groups in total. The molecular formula is C14H21N3O. The maximum atomic E-state index is 12.1. The lowest BCUT2D eigenvalue weighted by Gasteiger charge is -2.39. The molecule has 0 aliphatic carbocycles. The molecule has 0 spiro atoms. The first-order chi connectivity index (χ1) is 8.63. The Morgan fingerprint density at radius 3 is 2.78 bits per heavy atom. The molecule has 1 aromatic heterocycles. The van der Waals surface area contributed by atoms with Gasteiger partial charge in [0.05, 0.1) is 6.42 Å². The predicted octanol–water partition coefficient (Wildman–Crippen LogP) is 1.22. The van der Waals surface area contributed by atoms with Crippen LogP contribution < -0.4 is 5.32 Å². The number of nitrogens with zero attached hydrogens (tertiary/aromatic N) is 2. The SMILES string of the molecule is CNC1(C)CCN(C(=O)Cc2cccnc2)CC1. The van der Waals surface area contributed by atoms with Gasteiger partial charge < -0.3 is 10.2 Å². The number of carbonyl (C=O) groups excluding carboxylic acids is 1. The first-order valence-electron chi connectivity index (χ1n) is 6.48. The zero-order chi connectivity index (χ0) is 13.0. The molecule has 18 heavy (non-hydrogen) atoms. The van der Waals surface area contributed by atoms with Gasteiger partial charge in [-0.3, -0.25) is 9.78 Å². The van der Waals surface area contributed by atoms with Crippen LogP contribution in [0.4, 0.5) is 0 Å². The molecule has 0 radical (unpaired) electrons. The summed E-state index contributed by atoms with van der Waals surface area (Å²) in [5.41, 5.74) is 1.18. The molecule has 1 saturated heterocycles. The molecule has 0 atom stereocenters. The molecule has 1 amide bonds. The van der Waals surface area contributed by atoms with E-state index in [9.17, 15) is 4.79 Å². The van der Waals surface area contributed by atoms with Crippen molar-refractivity contribution in [2.45, 2.75) is 31.7 Å². The number of likely N-dealkylation sites (tertiary alicyclic amines) is 1. The van der Waals surface area contributed by atoms with Gasteiger partial charge in [0.15, 0.2) is 0 Å². The highest BCUT2D eigenvalue weighted by Gasteiger charge is 2.30. The molecule has 98 valence electrons. The molecular weight excluding hydrogens is 226 g/mol. The Morgan fingerprint density at radius 2 is 2.22 bits per heavy atom. The molecule has 4 nitrogen and oxygen atoms in total. The summed E-state index contributed by atoms with van der Waals surface area (Å²) in [6.45, 7) is 3.91. The average Bonchev–Trinajstić information content (AvgIpc) is 2.40. The third kappa shape index (κ3) is 3.07. The Kier molecular flexibility index (Phi) is 3.97. The van der Waals surface area contributed by atoms with Gasteiger partial charge in [-0.15, -0.1) is 0 Å². The fourth-order valence-electron chi connectivity index (χ4n) is 2.29. The van der Waals surface area contributed by atoms with Crippen molar-refractivity contribution in [1.29, 1.82) is 0 Å². The van der Waals surface area contributed by atoms with Crippen LogP contribution in [0.3, 0.4) is 0 Å². The van der Waals surface area contributed by atoms with E-state index in [4.69, 9.17) is 0 Å². The van der Waals surface area contributed by atoms with Gasteiger partial charge in [-0.2, -0.15) is 0 Å². The Balaban J connectivity index is 1.88. The fourth-order valence-corrected chi connectivity index (χ4v) is 2.29. The molecule has 1 aliphatic heterocycles. The van der Waals surface area contributed by atoms with E-state index < -0.39 is 0 Å². The molecule has 0 aromatic carbocycles. The molecule has 1 aliphatic rings. The van der Waals surface area contributed by atoms with Crippen molar-refractivity contribution in [3.05, 3.63) is 30.1 Å². The summed E-state index contributed by atoms with van der Waals surface area (Å²) >= 11 is 0. The van der Waals surface area contributed by atoms with E-state index in [1.165, 1.54) is 0 Å². The summed E-state index contributed by atoms with van der Waals surface area (Å²) in [6, 6.07) is 3.82. The van der Waals surface area contributed by atoms with Crippen LogP contribution in [0.25, 0.3) is 0 Å². The smallest absolute Gasteiger partial charge is 0.227 e. The monoisotopic (exact) mass is 247 g/mol. The lowest BCUT2D eigenvalue weighted by molar-refractivity contribution is -0.132. The van der Waals surface area contributed by atoms with E-state index in [0.29, 0.717) is 6.42 Å². The minimum absolute atomic E-state index is 0.186. The van der Waals surface area contributed by atoms with Gasteiger partial charge in [-0.25, -0.2) is 0 Å². The van der Waals surface area contributed by atoms with Gasteiger partial charge >= 0.3 is 0 Å². The molecule has 2 rings (SSSR count). The van der Waals surface area contributed by atoms with Gasteiger partial charge in [0.25, 0.3) is 0 Å². The van der Waals surface area contributed by atoms with E-state index in [0.717, 1.165) is 31.5 Å². The number of aromatic nitrogens is 1. The Morgan fingerprint density at radius 1 is 1.50 bits per heavy atom. The first-order valence-corrected chi connectivity index (χ1v) is 6.48. The Hall–Kier alpha value is -1.42. The van der Waals surface area contributed by atoms with Crippen molar-refractivity contribution in [3.63, 3.8) is 0 Å². The van der Waals surface area contributed by atoms with Crippen molar-refractivity contribution < 1.29 is 4.79 Å². The quantitative estimate of drug-likeness (QED) is 0.873.